The van der Waals surface area contributed by atoms with Gasteiger partial charge in [0.1, 0.15) is 12.4 Å². The van der Waals surface area contributed by atoms with E-state index in [-0.39, 0.29) is 10.7 Å². The Balaban J connectivity index is 1.94. The predicted octanol–water partition coefficient (Wildman–Crippen LogP) is 4.78. The summed E-state index contributed by atoms with van der Waals surface area (Å²) in [6.45, 7) is 1.41. The Hall–Kier alpha value is -3.13. The molecular weight excluding hydrogens is 419 g/mol. The molecule has 0 bridgehead atoms. The highest BCUT2D eigenvalue weighted by atomic mass is 35.5. The molecule has 0 aliphatic rings. The second-order valence-corrected chi connectivity index (χ2v) is 6.86. The van der Waals surface area contributed by atoms with Gasteiger partial charge in [0.15, 0.2) is 0 Å². The van der Waals surface area contributed by atoms with Crippen LogP contribution in [-0.2, 0) is 23.9 Å². The summed E-state index contributed by atoms with van der Waals surface area (Å²) in [5.41, 5.74) is -0.375. The van der Waals surface area contributed by atoms with E-state index in [0.717, 1.165) is 18.2 Å². The number of halogens is 4. The van der Waals surface area contributed by atoms with Crippen LogP contribution >= 0.6 is 11.6 Å². The Labute approximate surface area is 175 Å². The van der Waals surface area contributed by atoms with Crippen molar-refractivity contribution in [1.29, 1.82) is 0 Å². The number of hydrogen-bond acceptors (Lipinski definition) is 3. The van der Waals surface area contributed by atoms with E-state index in [0.29, 0.717) is 23.5 Å². The highest BCUT2D eigenvalue weighted by molar-refractivity contribution is 6.33. The smallest absolute Gasteiger partial charge is 0.323 e. The van der Waals surface area contributed by atoms with Crippen molar-refractivity contribution < 1.29 is 18.0 Å². The molecule has 156 valence electrons. The standard InChI is InChI=1S/C21H17ClF3N3O2/c1-2-15-11-19(30)28(20(26-15)13-6-4-3-5-7-13)12-18(29)27-17-10-14(21(23,24)25)8-9-16(17)22/h3-11H,2,12H2,1H3,(H,27,29). The van der Waals surface area contributed by atoms with Crippen LogP contribution in [0, 0.1) is 0 Å². The lowest BCUT2D eigenvalue weighted by atomic mass is 10.2. The maximum Gasteiger partial charge on any atom is 0.416 e. The van der Waals surface area contributed by atoms with Gasteiger partial charge in [0.05, 0.1) is 16.3 Å². The third-order valence-electron chi connectivity index (χ3n) is 4.33. The van der Waals surface area contributed by atoms with Gasteiger partial charge in [-0.25, -0.2) is 4.98 Å². The highest BCUT2D eigenvalue weighted by Crippen LogP contribution is 2.33. The second-order valence-electron chi connectivity index (χ2n) is 6.46. The summed E-state index contributed by atoms with van der Waals surface area (Å²) < 4.78 is 40.0. The molecule has 0 fully saturated rings. The SMILES string of the molecule is CCc1cc(=O)n(CC(=O)Nc2cc(C(F)(F)F)ccc2Cl)c(-c2ccccc2)n1. The fraction of sp³-hybridized carbons (Fsp3) is 0.190. The Morgan fingerprint density at radius 2 is 1.83 bits per heavy atom. The van der Waals surface area contributed by atoms with Gasteiger partial charge in [-0.05, 0) is 24.6 Å². The summed E-state index contributed by atoms with van der Waals surface area (Å²) in [6.07, 6.45) is -4.05. The first-order valence-electron chi connectivity index (χ1n) is 9.02. The summed E-state index contributed by atoms with van der Waals surface area (Å²) in [4.78, 5) is 29.6. The number of amides is 1. The van der Waals surface area contributed by atoms with E-state index >= 15 is 0 Å². The number of carbonyl (C=O) groups is 1. The molecule has 1 heterocycles. The minimum atomic E-state index is -4.58. The lowest BCUT2D eigenvalue weighted by molar-refractivity contribution is -0.137. The van der Waals surface area contributed by atoms with Crippen molar-refractivity contribution in [1.82, 2.24) is 9.55 Å². The number of nitrogens with zero attached hydrogens (tertiary/aromatic N) is 2. The molecule has 0 radical (unpaired) electrons. The van der Waals surface area contributed by atoms with E-state index in [4.69, 9.17) is 11.6 Å². The van der Waals surface area contributed by atoms with Gasteiger partial charge in [-0.15, -0.1) is 0 Å². The van der Waals surface area contributed by atoms with Gasteiger partial charge < -0.3 is 5.32 Å². The Kier molecular flexibility index (Phi) is 6.26. The molecule has 0 spiro atoms. The van der Waals surface area contributed by atoms with E-state index < -0.39 is 29.8 Å². The minimum Gasteiger partial charge on any atom is -0.323 e. The number of benzene rings is 2. The van der Waals surface area contributed by atoms with Crippen molar-refractivity contribution in [3.8, 4) is 11.4 Å². The van der Waals surface area contributed by atoms with Crippen LogP contribution in [0.5, 0.6) is 0 Å². The molecule has 0 saturated heterocycles. The van der Waals surface area contributed by atoms with Crippen LogP contribution in [0.25, 0.3) is 11.4 Å². The molecule has 1 amide bonds. The fourth-order valence-corrected chi connectivity index (χ4v) is 2.99. The predicted molar refractivity (Wildman–Crippen MR) is 108 cm³/mol. The zero-order valence-electron chi connectivity index (χ0n) is 15.8. The van der Waals surface area contributed by atoms with Crippen molar-refractivity contribution in [3.63, 3.8) is 0 Å². The van der Waals surface area contributed by atoms with Crippen LogP contribution in [0.1, 0.15) is 18.2 Å². The van der Waals surface area contributed by atoms with Gasteiger partial charge in [0.2, 0.25) is 5.91 Å². The fourth-order valence-electron chi connectivity index (χ4n) is 2.83. The largest absolute Gasteiger partial charge is 0.416 e. The molecule has 1 aromatic heterocycles. The molecule has 3 rings (SSSR count). The van der Waals surface area contributed by atoms with Crippen LogP contribution in [-0.4, -0.2) is 15.5 Å². The molecule has 5 nitrogen and oxygen atoms in total. The van der Waals surface area contributed by atoms with E-state index in [1.54, 1.807) is 30.3 Å². The monoisotopic (exact) mass is 435 g/mol. The zero-order chi connectivity index (χ0) is 21.9. The van der Waals surface area contributed by atoms with E-state index in [1.165, 1.54) is 10.6 Å². The van der Waals surface area contributed by atoms with Gasteiger partial charge in [-0.2, -0.15) is 13.2 Å². The number of alkyl halides is 3. The number of aryl methyl sites for hydroxylation is 1. The average Bonchev–Trinajstić information content (AvgIpc) is 2.70. The van der Waals surface area contributed by atoms with Crippen molar-refractivity contribution in [3.05, 3.63) is 81.2 Å². The lowest BCUT2D eigenvalue weighted by Crippen LogP contribution is -2.30. The first-order chi connectivity index (χ1) is 14.2. The molecule has 9 heteroatoms. The number of nitrogens with one attached hydrogen (secondary N) is 1. The first kappa shape index (κ1) is 21.6. The van der Waals surface area contributed by atoms with E-state index in [2.05, 4.69) is 10.3 Å². The second kappa shape index (κ2) is 8.71. The number of hydrogen-bond donors (Lipinski definition) is 1. The van der Waals surface area contributed by atoms with E-state index in [1.807, 2.05) is 6.92 Å². The molecule has 0 atom stereocenters. The number of carbonyl (C=O) groups excluding carboxylic acids is 1. The summed E-state index contributed by atoms with van der Waals surface area (Å²) in [5, 5.41) is 2.30. The molecule has 30 heavy (non-hydrogen) atoms. The molecule has 0 saturated carbocycles. The molecule has 1 N–H and O–H groups in total. The number of anilines is 1. The average molecular weight is 436 g/mol. The zero-order valence-corrected chi connectivity index (χ0v) is 16.6. The lowest BCUT2D eigenvalue weighted by Gasteiger charge is -2.15. The summed E-state index contributed by atoms with van der Waals surface area (Å²) in [5.74, 6) is -0.410. The molecule has 0 aliphatic heterocycles. The number of aromatic nitrogens is 2. The quantitative estimate of drug-likeness (QED) is 0.627. The Morgan fingerprint density at radius 1 is 1.13 bits per heavy atom. The van der Waals surface area contributed by atoms with Crippen molar-refractivity contribution in [2.75, 3.05) is 5.32 Å². The van der Waals surface area contributed by atoms with Crippen LogP contribution in [0.15, 0.2) is 59.4 Å². The van der Waals surface area contributed by atoms with E-state index in [9.17, 15) is 22.8 Å². The maximum atomic E-state index is 12.9. The topological polar surface area (TPSA) is 64.0 Å². The third-order valence-corrected chi connectivity index (χ3v) is 4.65. The van der Waals surface area contributed by atoms with Crippen molar-refractivity contribution in [2.24, 2.45) is 0 Å². The van der Waals surface area contributed by atoms with Gasteiger partial charge in [0.25, 0.3) is 5.56 Å². The van der Waals surface area contributed by atoms with Crippen LogP contribution in [0.3, 0.4) is 0 Å². The van der Waals surface area contributed by atoms with Crippen LogP contribution in [0.2, 0.25) is 5.02 Å². The van der Waals surface area contributed by atoms with Gasteiger partial charge >= 0.3 is 6.18 Å². The van der Waals surface area contributed by atoms with Crippen molar-refractivity contribution >= 4 is 23.2 Å². The summed E-state index contributed by atoms with van der Waals surface area (Å²) in [6, 6.07) is 12.8. The summed E-state index contributed by atoms with van der Waals surface area (Å²) in [7, 11) is 0. The Morgan fingerprint density at radius 3 is 2.47 bits per heavy atom. The van der Waals surface area contributed by atoms with Gasteiger partial charge in [-0.3, -0.25) is 14.2 Å². The molecule has 2 aromatic carbocycles. The Bertz CT molecular complexity index is 1130. The molecule has 3 aromatic rings. The highest BCUT2D eigenvalue weighted by Gasteiger charge is 2.31. The molecule has 0 aliphatic carbocycles. The minimum absolute atomic E-state index is 0.0496. The van der Waals surface area contributed by atoms with Crippen molar-refractivity contribution in [2.45, 2.75) is 26.1 Å². The molecular formula is C21H17ClF3N3O2. The number of rotatable bonds is 5. The van der Waals surface area contributed by atoms with Crippen LogP contribution < -0.4 is 10.9 Å². The van der Waals surface area contributed by atoms with Gasteiger partial charge in [0, 0.05) is 17.3 Å². The first-order valence-corrected chi connectivity index (χ1v) is 9.39. The normalized spacial score (nSPS) is 11.4. The summed E-state index contributed by atoms with van der Waals surface area (Å²) >= 11 is 5.93. The van der Waals surface area contributed by atoms with Gasteiger partial charge in [-0.1, -0.05) is 48.9 Å². The van der Waals surface area contributed by atoms with Crippen LogP contribution in [0.4, 0.5) is 18.9 Å². The third kappa shape index (κ3) is 4.88. The molecule has 0 unspecified atom stereocenters. The maximum absolute atomic E-state index is 12.9.